The summed E-state index contributed by atoms with van der Waals surface area (Å²) in [6.07, 6.45) is 1.10. The third kappa shape index (κ3) is 4.51. The molecule has 0 aromatic heterocycles. The van der Waals surface area contributed by atoms with Crippen molar-refractivity contribution in [3.8, 4) is 0 Å². The Morgan fingerprint density at radius 2 is 1.71 bits per heavy atom. The lowest BCUT2D eigenvalue weighted by Crippen LogP contribution is -2.51. The number of rotatable bonds is 5. The van der Waals surface area contributed by atoms with Gasteiger partial charge in [0.15, 0.2) is 0 Å². The molecule has 0 aliphatic carbocycles. The summed E-state index contributed by atoms with van der Waals surface area (Å²) in [5.41, 5.74) is 0. The molecule has 1 rings (SSSR count). The van der Waals surface area contributed by atoms with Crippen LogP contribution in [0.1, 0.15) is 0 Å². The van der Waals surface area contributed by atoms with Gasteiger partial charge in [-0.1, -0.05) is 0 Å². The van der Waals surface area contributed by atoms with Crippen molar-refractivity contribution in [2.75, 3.05) is 51.8 Å². The summed E-state index contributed by atoms with van der Waals surface area (Å²) in [6, 6.07) is 0. The molecule has 0 aromatic rings. The molecule has 1 fully saturated rings. The van der Waals surface area contributed by atoms with Gasteiger partial charge in [-0.2, -0.15) is 17.0 Å². The minimum absolute atomic E-state index is 0.00883. The molecule has 17 heavy (non-hydrogen) atoms. The molecular weight excluding hydrogens is 266 g/mol. The van der Waals surface area contributed by atoms with Gasteiger partial charge in [-0.15, -0.1) is 0 Å². The van der Waals surface area contributed by atoms with Crippen LogP contribution in [-0.2, 0) is 20.0 Å². The average molecular weight is 285 g/mol. The largest absolute Gasteiger partial charge is 0.314 e. The molecule has 0 atom stereocenters. The first-order chi connectivity index (χ1) is 7.73. The van der Waals surface area contributed by atoms with Crippen LogP contribution < -0.4 is 5.32 Å². The Bertz CT molecular complexity index is 439. The summed E-state index contributed by atoms with van der Waals surface area (Å²) in [5.74, 6) is -0.158. The lowest BCUT2D eigenvalue weighted by Gasteiger charge is -2.30. The van der Waals surface area contributed by atoms with E-state index in [9.17, 15) is 16.8 Å². The van der Waals surface area contributed by atoms with Crippen molar-refractivity contribution in [1.82, 2.24) is 13.9 Å². The second-order valence-corrected chi connectivity index (χ2v) is 8.40. The summed E-state index contributed by atoms with van der Waals surface area (Å²) in [7, 11) is -5.26. The fraction of sp³-hybridized carbons (Fsp3) is 1.00. The van der Waals surface area contributed by atoms with E-state index in [1.165, 1.54) is 11.4 Å². The first-order valence-corrected chi connectivity index (χ1v) is 8.79. The van der Waals surface area contributed by atoms with Gasteiger partial charge in [-0.25, -0.2) is 8.42 Å². The molecule has 0 bridgehead atoms. The van der Waals surface area contributed by atoms with Gasteiger partial charge in [0, 0.05) is 46.0 Å². The zero-order valence-electron chi connectivity index (χ0n) is 10.1. The van der Waals surface area contributed by atoms with Crippen molar-refractivity contribution in [3.63, 3.8) is 0 Å². The third-order valence-corrected chi connectivity index (χ3v) is 5.49. The predicted molar refractivity (Wildman–Crippen MR) is 65.7 cm³/mol. The highest BCUT2D eigenvalue weighted by Crippen LogP contribution is 2.07. The molecular formula is C8H19N3O4S2. The molecule has 0 saturated carbocycles. The minimum Gasteiger partial charge on any atom is -0.314 e. The summed E-state index contributed by atoms with van der Waals surface area (Å²) >= 11 is 0. The van der Waals surface area contributed by atoms with Crippen LogP contribution in [0.25, 0.3) is 0 Å². The molecule has 9 heteroatoms. The second kappa shape index (κ2) is 5.61. The van der Waals surface area contributed by atoms with Gasteiger partial charge < -0.3 is 5.32 Å². The van der Waals surface area contributed by atoms with Crippen molar-refractivity contribution in [2.24, 2.45) is 0 Å². The SMILES string of the molecule is CN(CCS(C)(=O)=O)S(=O)(=O)N1CCNCC1. The number of nitrogens with one attached hydrogen (secondary N) is 1. The van der Waals surface area contributed by atoms with Gasteiger partial charge in [-0.3, -0.25) is 0 Å². The minimum atomic E-state index is -3.52. The summed E-state index contributed by atoms with van der Waals surface area (Å²) in [6.45, 7) is 2.08. The third-order valence-electron chi connectivity index (χ3n) is 2.57. The Labute approximate surface area is 103 Å². The van der Waals surface area contributed by atoms with Crippen LogP contribution >= 0.6 is 0 Å². The molecule has 1 aliphatic heterocycles. The summed E-state index contributed by atoms with van der Waals surface area (Å²) in [4.78, 5) is 0. The van der Waals surface area contributed by atoms with Crippen molar-refractivity contribution in [2.45, 2.75) is 0 Å². The van der Waals surface area contributed by atoms with Crippen LogP contribution in [0.15, 0.2) is 0 Å². The number of piperazine rings is 1. The van der Waals surface area contributed by atoms with Crippen LogP contribution in [0.4, 0.5) is 0 Å². The second-order valence-electron chi connectivity index (χ2n) is 4.11. The molecule has 1 saturated heterocycles. The van der Waals surface area contributed by atoms with Crippen LogP contribution in [0.5, 0.6) is 0 Å². The molecule has 1 heterocycles. The number of sulfone groups is 1. The Morgan fingerprint density at radius 3 is 2.18 bits per heavy atom. The van der Waals surface area contributed by atoms with E-state index in [0.29, 0.717) is 26.2 Å². The van der Waals surface area contributed by atoms with Gasteiger partial charge in [-0.05, 0) is 0 Å². The van der Waals surface area contributed by atoms with E-state index in [1.54, 1.807) is 0 Å². The first-order valence-electron chi connectivity index (χ1n) is 5.33. The molecule has 0 amide bonds. The fourth-order valence-corrected chi connectivity index (χ4v) is 3.56. The Morgan fingerprint density at radius 1 is 1.18 bits per heavy atom. The van der Waals surface area contributed by atoms with E-state index in [4.69, 9.17) is 0 Å². The Kier molecular flexibility index (Phi) is 4.90. The van der Waals surface area contributed by atoms with E-state index < -0.39 is 20.0 Å². The van der Waals surface area contributed by atoms with E-state index in [-0.39, 0.29) is 12.3 Å². The molecule has 102 valence electrons. The Hall–Kier alpha value is -0.220. The predicted octanol–water partition coefficient (Wildman–Crippen LogP) is -1.89. The molecule has 1 aliphatic rings. The molecule has 0 aromatic carbocycles. The maximum atomic E-state index is 12.0. The maximum Gasteiger partial charge on any atom is 0.281 e. The molecule has 0 radical (unpaired) electrons. The normalized spacial score (nSPS) is 19.7. The number of hydrogen-bond donors (Lipinski definition) is 1. The topological polar surface area (TPSA) is 86.8 Å². The molecule has 0 spiro atoms. The van der Waals surface area contributed by atoms with E-state index in [1.807, 2.05) is 0 Å². The van der Waals surface area contributed by atoms with Gasteiger partial charge in [0.2, 0.25) is 0 Å². The standard InChI is InChI=1S/C8H19N3O4S2/c1-10(7-8-16(2,12)13)17(14,15)11-5-3-9-4-6-11/h9H,3-8H2,1-2H3. The molecule has 1 N–H and O–H groups in total. The van der Waals surface area contributed by atoms with Gasteiger partial charge in [0.1, 0.15) is 9.84 Å². The van der Waals surface area contributed by atoms with Crippen LogP contribution in [0.3, 0.4) is 0 Å². The van der Waals surface area contributed by atoms with Gasteiger partial charge >= 0.3 is 0 Å². The molecule has 7 nitrogen and oxygen atoms in total. The van der Waals surface area contributed by atoms with Crippen molar-refractivity contribution < 1.29 is 16.8 Å². The van der Waals surface area contributed by atoms with Gasteiger partial charge in [0.05, 0.1) is 5.75 Å². The van der Waals surface area contributed by atoms with Crippen molar-refractivity contribution >= 4 is 20.0 Å². The van der Waals surface area contributed by atoms with E-state index >= 15 is 0 Å². The lowest BCUT2D eigenvalue weighted by atomic mass is 10.4. The highest BCUT2D eigenvalue weighted by molar-refractivity contribution is 7.90. The van der Waals surface area contributed by atoms with E-state index in [0.717, 1.165) is 10.6 Å². The molecule has 0 unspecified atom stereocenters. The van der Waals surface area contributed by atoms with Crippen molar-refractivity contribution in [1.29, 1.82) is 0 Å². The van der Waals surface area contributed by atoms with Crippen LogP contribution in [0, 0.1) is 0 Å². The van der Waals surface area contributed by atoms with Crippen molar-refractivity contribution in [3.05, 3.63) is 0 Å². The summed E-state index contributed by atoms with van der Waals surface area (Å²) in [5, 5.41) is 3.06. The van der Waals surface area contributed by atoms with Crippen LogP contribution in [0.2, 0.25) is 0 Å². The Balaban J connectivity index is 2.62. The first kappa shape index (κ1) is 14.8. The highest BCUT2D eigenvalue weighted by Gasteiger charge is 2.28. The van der Waals surface area contributed by atoms with E-state index in [2.05, 4.69) is 5.32 Å². The number of hydrogen-bond acceptors (Lipinski definition) is 5. The fourth-order valence-electron chi connectivity index (χ4n) is 1.48. The van der Waals surface area contributed by atoms with Gasteiger partial charge in [0.25, 0.3) is 10.2 Å². The van der Waals surface area contributed by atoms with Crippen LogP contribution in [-0.4, -0.2) is 77.2 Å². The zero-order valence-corrected chi connectivity index (χ0v) is 11.7. The zero-order chi connectivity index (χ0) is 13.1. The maximum absolute atomic E-state index is 12.0. The smallest absolute Gasteiger partial charge is 0.281 e. The lowest BCUT2D eigenvalue weighted by molar-refractivity contribution is 0.329. The highest BCUT2D eigenvalue weighted by atomic mass is 32.2. The monoisotopic (exact) mass is 285 g/mol. The average Bonchev–Trinajstić information content (AvgIpc) is 2.26. The number of nitrogens with zero attached hydrogens (tertiary/aromatic N) is 2. The summed E-state index contributed by atoms with van der Waals surface area (Å²) < 4.78 is 48.5. The quantitative estimate of drug-likeness (QED) is 0.638.